The lowest BCUT2D eigenvalue weighted by molar-refractivity contribution is -0.116. The second kappa shape index (κ2) is 7.25. The molecule has 1 aromatic heterocycles. The van der Waals surface area contributed by atoms with Crippen LogP contribution in [-0.4, -0.2) is 22.0 Å². The maximum absolute atomic E-state index is 13.7. The average Bonchev–Trinajstić information content (AvgIpc) is 2.95. The van der Waals surface area contributed by atoms with E-state index in [9.17, 15) is 9.18 Å². The van der Waals surface area contributed by atoms with Gasteiger partial charge in [-0.2, -0.15) is 0 Å². The molecule has 5 nitrogen and oxygen atoms in total. The van der Waals surface area contributed by atoms with Gasteiger partial charge in [-0.1, -0.05) is 0 Å². The fraction of sp³-hybridized carbons (Fsp3) is 0.300. The number of fused-ring (bicyclic) bond motifs is 1. The molecule has 3 N–H and O–H groups in total. The minimum absolute atomic E-state index is 0.103. The summed E-state index contributed by atoms with van der Waals surface area (Å²) in [5.41, 5.74) is 9.55. The molecule has 0 aliphatic rings. The first-order valence-electron chi connectivity index (χ1n) is 8.69. The van der Waals surface area contributed by atoms with Crippen molar-refractivity contribution in [1.82, 2.24) is 9.55 Å². The Bertz CT molecular complexity index is 962. The second-order valence-electron chi connectivity index (χ2n) is 6.65. The number of aryl methyl sites for hydroxylation is 1. The summed E-state index contributed by atoms with van der Waals surface area (Å²) in [5.74, 6) is 0.400. The molecule has 0 aliphatic carbocycles. The Morgan fingerprint density at radius 1 is 1.27 bits per heavy atom. The van der Waals surface area contributed by atoms with E-state index in [1.54, 1.807) is 6.07 Å². The Kier molecular flexibility index (Phi) is 5.04. The molecule has 3 aromatic rings. The molecular weight excluding hydrogens is 331 g/mol. The molecule has 1 heterocycles. The number of aromatic nitrogens is 2. The number of hydrogen-bond acceptors (Lipinski definition) is 3. The molecule has 0 radical (unpaired) electrons. The predicted molar refractivity (Wildman–Crippen MR) is 103 cm³/mol. The van der Waals surface area contributed by atoms with Crippen molar-refractivity contribution < 1.29 is 9.18 Å². The standard InChI is InChI=1S/C20H23FN4O/c1-12(2)25-18-11-15(21)5-7-17(18)24-20(25)14-4-6-16(13(3)10-14)23-19(26)8-9-22/h4-7,10-12H,8-9,22H2,1-3H3,(H,23,26). The molecule has 3 rings (SSSR count). The van der Waals surface area contributed by atoms with Gasteiger partial charge >= 0.3 is 0 Å². The highest BCUT2D eigenvalue weighted by molar-refractivity contribution is 5.92. The Labute approximate surface area is 152 Å². The first kappa shape index (κ1) is 18.1. The number of nitrogens with two attached hydrogens (primary N) is 1. The van der Waals surface area contributed by atoms with Crippen LogP contribution in [0.1, 0.15) is 31.9 Å². The fourth-order valence-electron chi connectivity index (χ4n) is 3.08. The molecule has 26 heavy (non-hydrogen) atoms. The van der Waals surface area contributed by atoms with Gasteiger partial charge in [0.15, 0.2) is 0 Å². The van der Waals surface area contributed by atoms with E-state index in [1.165, 1.54) is 12.1 Å². The van der Waals surface area contributed by atoms with E-state index < -0.39 is 0 Å². The van der Waals surface area contributed by atoms with Crippen molar-refractivity contribution in [3.63, 3.8) is 0 Å². The van der Waals surface area contributed by atoms with Crippen LogP contribution in [0.3, 0.4) is 0 Å². The predicted octanol–water partition coefficient (Wildman–Crippen LogP) is 4.02. The summed E-state index contributed by atoms with van der Waals surface area (Å²) in [7, 11) is 0. The van der Waals surface area contributed by atoms with E-state index >= 15 is 0 Å². The first-order chi connectivity index (χ1) is 12.4. The maximum atomic E-state index is 13.7. The summed E-state index contributed by atoms with van der Waals surface area (Å²) in [4.78, 5) is 16.5. The van der Waals surface area contributed by atoms with Crippen LogP contribution < -0.4 is 11.1 Å². The number of benzene rings is 2. The van der Waals surface area contributed by atoms with Gasteiger partial charge in [-0.25, -0.2) is 9.37 Å². The molecule has 6 heteroatoms. The highest BCUT2D eigenvalue weighted by Crippen LogP contribution is 2.31. The SMILES string of the molecule is Cc1cc(-c2nc3ccc(F)cc3n2C(C)C)ccc1NC(=O)CCN. The van der Waals surface area contributed by atoms with Crippen molar-refractivity contribution in [2.45, 2.75) is 33.2 Å². The van der Waals surface area contributed by atoms with Gasteiger partial charge in [0.1, 0.15) is 11.6 Å². The quantitative estimate of drug-likeness (QED) is 0.727. The second-order valence-corrected chi connectivity index (χ2v) is 6.65. The minimum atomic E-state index is -0.278. The van der Waals surface area contributed by atoms with Gasteiger partial charge in [0.2, 0.25) is 5.91 Å². The smallest absolute Gasteiger partial charge is 0.225 e. The third-order valence-corrected chi connectivity index (χ3v) is 4.30. The van der Waals surface area contributed by atoms with Gasteiger partial charge in [-0.3, -0.25) is 4.79 Å². The van der Waals surface area contributed by atoms with Crippen LogP contribution in [0.15, 0.2) is 36.4 Å². The average molecular weight is 354 g/mol. The molecule has 0 fully saturated rings. The topological polar surface area (TPSA) is 72.9 Å². The van der Waals surface area contributed by atoms with E-state index in [-0.39, 0.29) is 24.2 Å². The Morgan fingerprint density at radius 3 is 2.69 bits per heavy atom. The Hall–Kier alpha value is -2.73. The molecule has 0 spiro atoms. The summed E-state index contributed by atoms with van der Waals surface area (Å²) < 4.78 is 15.7. The number of amides is 1. The van der Waals surface area contributed by atoms with Crippen LogP contribution in [0, 0.1) is 12.7 Å². The van der Waals surface area contributed by atoms with Crippen LogP contribution in [0.25, 0.3) is 22.4 Å². The first-order valence-corrected chi connectivity index (χ1v) is 8.69. The zero-order valence-electron chi connectivity index (χ0n) is 15.2. The van der Waals surface area contributed by atoms with E-state index in [0.717, 1.165) is 33.7 Å². The summed E-state index contributed by atoms with van der Waals surface area (Å²) >= 11 is 0. The van der Waals surface area contributed by atoms with Crippen LogP contribution >= 0.6 is 0 Å². The van der Waals surface area contributed by atoms with Gasteiger partial charge in [0.25, 0.3) is 0 Å². The number of halogens is 1. The summed E-state index contributed by atoms with van der Waals surface area (Å²) in [5, 5.41) is 2.87. The lowest BCUT2D eigenvalue weighted by Crippen LogP contribution is -2.16. The lowest BCUT2D eigenvalue weighted by atomic mass is 10.1. The minimum Gasteiger partial charge on any atom is -0.330 e. The van der Waals surface area contributed by atoms with Crippen molar-refractivity contribution in [3.8, 4) is 11.4 Å². The number of nitrogens with one attached hydrogen (secondary N) is 1. The zero-order valence-corrected chi connectivity index (χ0v) is 15.2. The fourth-order valence-corrected chi connectivity index (χ4v) is 3.08. The summed E-state index contributed by atoms with van der Waals surface area (Å²) in [6.45, 7) is 6.34. The van der Waals surface area contributed by atoms with Gasteiger partial charge in [-0.15, -0.1) is 0 Å². The number of imidazole rings is 1. The molecule has 0 unspecified atom stereocenters. The maximum Gasteiger partial charge on any atom is 0.225 e. The van der Waals surface area contributed by atoms with Gasteiger partial charge < -0.3 is 15.6 Å². The number of rotatable bonds is 5. The highest BCUT2D eigenvalue weighted by Gasteiger charge is 2.16. The van der Waals surface area contributed by atoms with Crippen molar-refractivity contribution in [3.05, 3.63) is 47.8 Å². The number of carbonyl (C=O) groups is 1. The molecule has 0 atom stereocenters. The highest BCUT2D eigenvalue weighted by atomic mass is 19.1. The van der Waals surface area contributed by atoms with Crippen LogP contribution in [-0.2, 0) is 4.79 Å². The normalized spacial score (nSPS) is 11.3. The third kappa shape index (κ3) is 3.46. The van der Waals surface area contributed by atoms with E-state index in [2.05, 4.69) is 5.32 Å². The lowest BCUT2D eigenvalue weighted by Gasteiger charge is -2.15. The molecular formula is C20H23FN4O. The van der Waals surface area contributed by atoms with Gasteiger partial charge in [0, 0.05) is 30.3 Å². The third-order valence-electron chi connectivity index (χ3n) is 4.30. The van der Waals surface area contributed by atoms with Gasteiger partial charge in [0.05, 0.1) is 11.0 Å². The summed E-state index contributed by atoms with van der Waals surface area (Å²) in [6.07, 6.45) is 0.288. The molecule has 2 aromatic carbocycles. The molecule has 0 bridgehead atoms. The number of nitrogens with zero attached hydrogens (tertiary/aromatic N) is 2. The van der Waals surface area contributed by atoms with Crippen molar-refractivity contribution in [2.24, 2.45) is 5.73 Å². The van der Waals surface area contributed by atoms with Crippen molar-refractivity contribution in [1.29, 1.82) is 0 Å². The molecule has 0 saturated heterocycles. The van der Waals surface area contributed by atoms with Crippen LogP contribution in [0.2, 0.25) is 0 Å². The van der Waals surface area contributed by atoms with Crippen LogP contribution in [0.5, 0.6) is 0 Å². The number of anilines is 1. The number of carbonyl (C=O) groups excluding carboxylic acids is 1. The van der Waals surface area contributed by atoms with E-state index in [4.69, 9.17) is 10.7 Å². The molecule has 1 amide bonds. The largest absolute Gasteiger partial charge is 0.330 e. The molecule has 0 saturated carbocycles. The summed E-state index contributed by atoms with van der Waals surface area (Å²) in [6, 6.07) is 10.5. The monoisotopic (exact) mass is 354 g/mol. The van der Waals surface area contributed by atoms with E-state index in [0.29, 0.717) is 6.54 Å². The van der Waals surface area contributed by atoms with Crippen molar-refractivity contribution in [2.75, 3.05) is 11.9 Å². The van der Waals surface area contributed by atoms with Crippen molar-refractivity contribution >= 4 is 22.6 Å². The Morgan fingerprint density at radius 2 is 2.04 bits per heavy atom. The van der Waals surface area contributed by atoms with E-state index in [1.807, 2.05) is 43.5 Å². The van der Waals surface area contributed by atoms with Crippen LogP contribution in [0.4, 0.5) is 10.1 Å². The molecule has 0 aliphatic heterocycles. The molecule has 136 valence electrons. The van der Waals surface area contributed by atoms with Gasteiger partial charge in [-0.05, 0) is 62.7 Å². The Balaban J connectivity index is 2.05. The zero-order chi connectivity index (χ0) is 18.8. The number of hydrogen-bond donors (Lipinski definition) is 2.